The van der Waals surface area contributed by atoms with Crippen molar-refractivity contribution < 1.29 is 9.80 Å². The number of hydrogen-bond donors (Lipinski definition) is 2. The lowest BCUT2D eigenvalue weighted by Crippen LogP contribution is -3.20. The first-order valence-corrected chi connectivity index (χ1v) is 10.2. The predicted octanol–water partition coefficient (Wildman–Crippen LogP) is 1.97. The predicted molar refractivity (Wildman–Crippen MR) is 104 cm³/mol. The van der Waals surface area contributed by atoms with Crippen molar-refractivity contribution in [1.29, 1.82) is 0 Å². The van der Waals surface area contributed by atoms with Gasteiger partial charge >= 0.3 is 0 Å². The summed E-state index contributed by atoms with van der Waals surface area (Å²) in [5, 5.41) is 0. The van der Waals surface area contributed by atoms with Crippen LogP contribution in [0, 0.1) is 0 Å². The Kier molecular flexibility index (Phi) is 5.49. The second-order valence-electron chi connectivity index (χ2n) is 7.98. The summed E-state index contributed by atoms with van der Waals surface area (Å²) in [6, 6.07) is 20.9. The second kappa shape index (κ2) is 8.16. The van der Waals surface area contributed by atoms with Crippen molar-refractivity contribution in [3.8, 4) is 11.1 Å². The summed E-state index contributed by atoms with van der Waals surface area (Å²) in [5.41, 5.74) is 4.12. The van der Waals surface area contributed by atoms with Crippen LogP contribution in [-0.2, 0) is 6.54 Å². The zero-order chi connectivity index (χ0) is 16.9. The first-order valence-electron chi connectivity index (χ1n) is 10.2. The van der Waals surface area contributed by atoms with Gasteiger partial charge in [-0.1, -0.05) is 54.6 Å². The zero-order valence-corrected chi connectivity index (χ0v) is 15.3. The fraction of sp³-hybridized carbons (Fsp3) is 0.478. The first kappa shape index (κ1) is 16.8. The fourth-order valence-electron chi connectivity index (χ4n) is 4.76. The maximum atomic E-state index is 2.33. The molecule has 0 atom stereocenters. The molecule has 0 unspecified atom stereocenters. The zero-order valence-electron chi connectivity index (χ0n) is 15.3. The molecule has 0 radical (unpaired) electrons. The highest BCUT2D eigenvalue weighted by atomic mass is 15.2. The molecule has 2 heteroatoms. The molecule has 0 spiro atoms. The topological polar surface area (TPSA) is 8.88 Å². The Morgan fingerprint density at radius 3 is 2.00 bits per heavy atom. The van der Waals surface area contributed by atoms with Crippen molar-refractivity contribution in [3.05, 3.63) is 60.2 Å². The third-order valence-corrected chi connectivity index (χ3v) is 6.28. The van der Waals surface area contributed by atoms with Crippen molar-refractivity contribution in [2.45, 2.75) is 44.7 Å². The molecule has 25 heavy (non-hydrogen) atoms. The lowest BCUT2D eigenvalue weighted by atomic mass is 9.99. The van der Waals surface area contributed by atoms with E-state index in [0.717, 1.165) is 6.04 Å². The summed E-state index contributed by atoms with van der Waals surface area (Å²) in [5.74, 6) is 0. The van der Waals surface area contributed by atoms with Gasteiger partial charge in [-0.3, -0.25) is 0 Å². The molecule has 2 fully saturated rings. The Balaban J connectivity index is 1.30. The molecule has 2 heterocycles. The van der Waals surface area contributed by atoms with E-state index in [2.05, 4.69) is 54.6 Å². The molecule has 2 aromatic rings. The molecular formula is C23H32N2+2. The van der Waals surface area contributed by atoms with Gasteiger partial charge in [0.15, 0.2) is 0 Å². The number of likely N-dealkylation sites (tertiary alicyclic amines) is 2. The summed E-state index contributed by atoms with van der Waals surface area (Å²) in [6.07, 6.45) is 7.22. The van der Waals surface area contributed by atoms with Crippen LogP contribution in [-0.4, -0.2) is 32.2 Å². The number of piperidine rings is 2. The highest BCUT2D eigenvalue weighted by Crippen LogP contribution is 2.19. The number of hydrogen-bond acceptors (Lipinski definition) is 0. The van der Waals surface area contributed by atoms with Crippen LogP contribution in [0.2, 0.25) is 0 Å². The van der Waals surface area contributed by atoms with Crippen LogP contribution in [0.1, 0.15) is 37.7 Å². The van der Waals surface area contributed by atoms with E-state index in [1.807, 2.05) is 4.90 Å². The van der Waals surface area contributed by atoms with E-state index in [1.54, 1.807) is 4.90 Å². The van der Waals surface area contributed by atoms with Gasteiger partial charge in [-0.2, -0.15) is 0 Å². The van der Waals surface area contributed by atoms with Crippen LogP contribution in [0.15, 0.2) is 54.6 Å². The highest BCUT2D eigenvalue weighted by molar-refractivity contribution is 5.63. The first-order chi connectivity index (χ1) is 12.4. The molecule has 2 aliphatic rings. The molecule has 0 aliphatic carbocycles. The Morgan fingerprint density at radius 1 is 0.680 bits per heavy atom. The minimum Gasteiger partial charge on any atom is -0.332 e. The van der Waals surface area contributed by atoms with Crippen molar-refractivity contribution >= 4 is 0 Å². The summed E-state index contributed by atoms with van der Waals surface area (Å²) in [6.45, 7) is 6.77. The molecule has 4 rings (SSSR count). The molecule has 2 aliphatic heterocycles. The fourth-order valence-corrected chi connectivity index (χ4v) is 4.76. The quantitative estimate of drug-likeness (QED) is 0.845. The van der Waals surface area contributed by atoms with Crippen molar-refractivity contribution in [2.24, 2.45) is 0 Å². The van der Waals surface area contributed by atoms with Gasteiger partial charge in [-0.15, -0.1) is 0 Å². The average Bonchev–Trinajstić information content (AvgIpc) is 2.71. The maximum absolute atomic E-state index is 2.33. The standard InChI is InChI=1S/C23H30N2/c1-3-7-21(8-4-1)22-11-9-20(10-12-22)19-24-17-13-23(14-18-24)25-15-5-2-6-16-25/h1,3-4,7-12,23H,2,5-6,13-19H2/p+2. The van der Waals surface area contributed by atoms with Crippen LogP contribution in [0.5, 0.6) is 0 Å². The Bertz CT molecular complexity index is 636. The molecular weight excluding hydrogens is 304 g/mol. The molecule has 0 amide bonds. The molecule has 0 aromatic heterocycles. The van der Waals surface area contributed by atoms with Gasteiger partial charge in [0.25, 0.3) is 0 Å². The lowest BCUT2D eigenvalue weighted by molar-refractivity contribution is -0.965. The van der Waals surface area contributed by atoms with Gasteiger partial charge in [0, 0.05) is 18.4 Å². The van der Waals surface area contributed by atoms with E-state index in [4.69, 9.17) is 0 Å². The monoisotopic (exact) mass is 336 g/mol. The Morgan fingerprint density at radius 2 is 1.32 bits per heavy atom. The lowest BCUT2D eigenvalue weighted by Gasteiger charge is -2.36. The van der Waals surface area contributed by atoms with Crippen LogP contribution in [0.3, 0.4) is 0 Å². The van der Waals surface area contributed by atoms with Gasteiger partial charge in [0.05, 0.1) is 32.2 Å². The average molecular weight is 337 g/mol. The summed E-state index contributed by atoms with van der Waals surface area (Å²) >= 11 is 0. The second-order valence-corrected chi connectivity index (χ2v) is 7.98. The SMILES string of the molecule is c1ccc(-c2ccc(C[NH+]3CCC([NH+]4CCCCC4)CC3)cc2)cc1. The third-order valence-electron chi connectivity index (χ3n) is 6.28. The Hall–Kier alpha value is -1.64. The van der Waals surface area contributed by atoms with E-state index in [9.17, 15) is 0 Å². The summed E-state index contributed by atoms with van der Waals surface area (Å²) in [7, 11) is 0. The van der Waals surface area contributed by atoms with Gasteiger partial charge in [0.1, 0.15) is 6.54 Å². The number of nitrogens with one attached hydrogen (secondary N) is 2. The molecule has 132 valence electrons. The smallest absolute Gasteiger partial charge is 0.103 e. The minimum absolute atomic E-state index is 0.949. The molecule has 2 aromatic carbocycles. The summed E-state index contributed by atoms with van der Waals surface area (Å²) in [4.78, 5) is 3.69. The minimum atomic E-state index is 0.949. The molecule has 2 N–H and O–H groups in total. The van der Waals surface area contributed by atoms with E-state index < -0.39 is 0 Å². The molecule has 0 bridgehead atoms. The van der Waals surface area contributed by atoms with Gasteiger partial charge in [-0.25, -0.2) is 0 Å². The maximum Gasteiger partial charge on any atom is 0.103 e. The van der Waals surface area contributed by atoms with E-state index in [-0.39, 0.29) is 0 Å². The van der Waals surface area contributed by atoms with Gasteiger partial charge < -0.3 is 9.80 Å². The van der Waals surface area contributed by atoms with E-state index >= 15 is 0 Å². The number of rotatable bonds is 4. The Labute approximate surface area is 152 Å². The van der Waals surface area contributed by atoms with Crippen molar-refractivity contribution in [1.82, 2.24) is 0 Å². The molecule has 2 saturated heterocycles. The largest absolute Gasteiger partial charge is 0.332 e. The van der Waals surface area contributed by atoms with Crippen LogP contribution >= 0.6 is 0 Å². The molecule has 0 saturated carbocycles. The highest BCUT2D eigenvalue weighted by Gasteiger charge is 2.30. The molecule has 2 nitrogen and oxygen atoms in total. The van der Waals surface area contributed by atoms with E-state index in [1.165, 1.54) is 81.5 Å². The normalized spacial score (nSPS) is 25.0. The van der Waals surface area contributed by atoms with E-state index in [0.29, 0.717) is 0 Å². The van der Waals surface area contributed by atoms with Crippen LogP contribution < -0.4 is 9.80 Å². The number of quaternary nitrogens is 2. The van der Waals surface area contributed by atoms with Crippen LogP contribution in [0.25, 0.3) is 11.1 Å². The van der Waals surface area contributed by atoms with Crippen molar-refractivity contribution in [3.63, 3.8) is 0 Å². The van der Waals surface area contributed by atoms with Gasteiger partial charge in [-0.05, 0) is 30.4 Å². The van der Waals surface area contributed by atoms with Crippen molar-refractivity contribution in [2.75, 3.05) is 26.2 Å². The summed E-state index contributed by atoms with van der Waals surface area (Å²) < 4.78 is 0. The number of benzene rings is 2. The van der Waals surface area contributed by atoms with Gasteiger partial charge in [0.2, 0.25) is 0 Å². The third kappa shape index (κ3) is 4.31. The van der Waals surface area contributed by atoms with Crippen LogP contribution in [0.4, 0.5) is 0 Å².